The number of carbonyl (C=O) groups is 1. The van der Waals surface area contributed by atoms with Gasteiger partial charge in [0.15, 0.2) is 16.6 Å². The van der Waals surface area contributed by atoms with Crippen LogP contribution in [0.1, 0.15) is 18.1 Å². The smallest absolute Gasteiger partial charge is 0.281 e. The number of ether oxygens (including phenoxy) is 2. The molecule has 0 atom stereocenters. The Bertz CT molecular complexity index is 892. The van der Waals surface area contributed by atoms with Crippen LogP contribution in [0.5, 0.6) is 11.5 Å². The Morgan fingerprint density at radius 1 is 1.19 bits per heavy atom. The minimum absolute atomic E-state index is 0.183. The molecule has 2 aromatic carbocycles. The van der Waals surface area contributed by atoms with Crippen molar-refractivity contribution in [3.05, 3.63) is 59.3 Å². The summed E-state index contributed by atoms with van der Waals surface area (Å²) < 4.78 is 10.9. The zero-order valence-corrected chi connectivity index (χ0v) is 15.7. The lowest BCUT2D eigenvalue weighted by molar-refractivity contribution is -0.113. The summed E-state index contributed by atoms with van der Waals surface area (Å²) in [5, 5.41) is 3.37. The van der Waals surface area contributed by atoms with Crippen molar-refractivity contribution in [2.45, 2.75) is 13.8 Å². The molecule has 1 fully saturated rings. The summed E-state index contributed by atoms with van der Waals surface area (Å²) in [5.74, 6) is 1.10. The first kappa shape index (κ1) is 17.9. The fraction of sp³-hybridized carbons (Fsp3) is 0.200. The van der Waals surface area contributed by atoms with Crippen LogP contribution in [0, 0.1) is 6.92 Å². The molecule has 0 bridgehead atoms. The van der Waals surface area contributed by atoms with Gasteiger partial charge in [-0.05, 0) is 61.5 Å². The van der Waals surface area contributed by atoms with E-state index in [1.54, 1.807) is 13.2 Å². The van der Waals surface area contributed by atoms with Crippen molar-refractivity contribution in [3.63, 3.8) is 0 Å². The largest absolute Gasteiger partial charge is 0.493 e. The summed E-state index contributed by atoms with van der Waals surface area (Å²) in [6.45, 7) is 4.41. The minimum Gasteiger partial charge on any atom is -0.493 e. The number of benzene rings is 2. The van der Waals surface area contributed by atoms with Crippen molar-refractivity contribution < 1.29 is 14.3 Å². The van der Waals surface area contributed by atoms with Crippen LogP contribution in [0.25, 0.3) is 6.08 Å². The third-order valence-corrected chi connectivity index (χ3v) is 4.32. The van der Waals surface area contributed by atoms with Crippen LogP contribution in [0.4, 0.5) is 5.69 Å². The number of nitrogens with one attached hydrogen (secondary N) is 1. The molecule has 26 heavy (non-hydrogen) atoms. The lowest BCUT2D eigenvalue weighted by atomic mass is 10.1. The Morgan fingerprint density at radius 2 is 1.96 bits per heavy atom. The summed E-state index contributed by atoms with van der Waals surface area (Å²) in [5.41, 5.74) is 3.00. The van der Waals surface area contributed by atoms with Crippen LogP contribution in [0.2, 0.25) is 0 Å². The molecule has 1 heterocycles. The van der Waals surface area contributed by atoms with Gasteiger partial charge in [0.1, 0.15) is 5.70 Å². The molecule has 0 saturated carbocycles. The molecule has 3 rings (SSSR count). The highest BCUT2D eigenvalue weighted by atomic mass is 32.1. The highest BCUT2D eigenvalue weighted by molar-refractivity contribution is 7.80. The topological polar surface area (TPSA) is 50.8 Å². The predicted molar refractivity (Wildman–Crippen MR) is 107 cm³/mol. The number of carbonyl (C=O) groups excluding carboxylic acids is 1. The molecule has 2 aromatic rings. The van der Waals surface area contributed by atoms with Gasteiger partial charge in [0, 0.05) is 0 Å². The number of thiocarbonyl (C=S) groups is 1. The van der Waals surface area contributed by atoms with E-state index in [-0.39, 0.29) is 5.91 Å². The SMILES string of the molecule is CCOc1ccc(/C=C2\NC(=S)N(c3ccccc3C)C2=O)cc1OC. The van der Waals surface area contributed by atoms with Crippen molar-refractivity contribution in [3.8, 4) is 11.5 Å². The number of amides is 1. The van der Waals surface area contributed by atoms with E-state index in [4.69, 9.17) is 21.7 Å². The summed E-state index contributed by atoms with van der Waals surface area (Å²) in [4.78, 5) is 14.4. The maximum absolute atomic E-state index is 12.8. The molecule has 1 aliphatic heterocycles. The first-order chi connectivity index (χ1) is 12.5. The van der Waals surface area contributed by atoms with Gasteiger partial charge in [0.05, 0.1) is 19.4 Å². The molecular formula is C20H20N2O3S. The zero-order chi connectivity index (χ0) is 18.7. The van der Waals surface area contributed by atoms with Crippen LogP contribution in [0.15, 0.2) is 48.2 Å². The predicted octanol–water partition coefficient (Wildman–Crippen LogP) is 3.66. The molecule has 134 valence electrons. The summed E-state index contributed by atoms with van der Waals surface area (Å²) in [7, 11) is 1.59. The third kappa shape index (κ3) is 3.41. The summed E-state index contributed by atoms with van der Waals surface area (Å²) in [6.07, 6.45) is 1.76. The first-order valence-electron chi connectivity index (χ1n) is 8.28. The Labute approximate surface area is 158 Å². The molecule has 1 saturated heterocycles. The van der Waals surface area contributed by atoms with E-state index in [1.165, 1.54) is 4.90 Å². The van der Waals surface area contributed by atoms with Gasteiger partial charge in [-0.25, -0.2) is 0 Å². The average Bonchev–Trinajstić information content (AvgIpc) is 2.90. The third-order valence-electron chi connectivity index (χ3n) is 4.03. The van der Waals surface area contributed by atoms with E-state index in [2.05, 4.69) is 5.32 Å². The normalized spacial score (nSPS) is 15.3. The highest BCUT2D eigenvalue weighted by Crippen LogP contribution is 2.30. The second kappa shape index (κ2) is 7.58. The van der Waals surface area contributed by atoms with Crippen molar-refractivity contribution in [1.82, 2.24) is 5.32 Å². The number of para-hydroxylation sites is 1. The standard InChI is InChI=1S/C20H20N2O3S/c1-4-25-17-10-9-14(12-18(17)24-3)11-15-19(23)22(20(26)21-15)16-8-6-5-7-13(16)2/h5-12H,4H2,1-3H3,(H,21,26)/b15-11-. The fourth-order valence-electron chi connectivity index (χ4n) is 2.78. The Kier molecular flexibility index (Phi) is 5.23. The Morgan fingerprint density at radius 3 is 2.65 bits per heavy atom. The molecule has 0 radical (unpaired) electrons. The van der Waals surface area contributed by atoms with Crippen LogP contribution in [-0.2, 0) is 4.79 Å². The van der Waals surface area contributed by atoms with E-state index in [0.717, 1.165) is 16.8 Å². The van der Waals surface area contributed by atoms with E-state index >= 15 is 0 Å². The lowest BCUT2D eigenvalue weighted by Crippen LogP contribution is -2.30. The zero-order valence-electron chi connectivity index (χ0n) is 14.9. The molecule has 0 aliphatic carbocycles. The first-order valence-corrected chi connectivity index (χ1v) is 8.69. The molecule has 0 spiro atoms. The van der Waals surface area contributed by atoms with E-state index < -0.39 is 0 Å². The van der Waals surface area contributed by atoms with Crippen molar-refractivity contribution in [2.24, 2.45) is 0 Å². The van der Waals surface area contributed by atoms with E-state index in [1.807, 2.05) is 56.3 Å². The monoisotopic (exact) mass is 368 g/mol. The molecule has 1 aliphatic rings. The molecule has 1 amide bonds. The number of aryl methyl sites for hydroxylation is 1. The van der Waals surface area contributed by atoms with Gasteiger partial charge in [-0.2, -0.15) is 0 Å². The minimum atomic E-state index is -0.183. The van der Waals surface area contributed by atoms with Gasteiger partial charge < -0.3 is 14.8 Å². The van der Waals surface area contributed by atoms with Gasteiger partial charge in [0.25, 0.3) is 5.91 Å². The van der Waals surface area contributed by atoms with E-state index in [0.29, 0.717) is 28.9 Å². The number of nitrogens with zero attached hydrogens (tertiary/aromatic N) is 1. The van der Waals surface area contributed by atoms with Crippen LogP contribution in [0.3, 0.4) is 0 Å². The van der Waals surface area contributed by atoms with E-state index in [9.17, 15) is 4.79 Å². The van der Waals surface area contributed by atoms with Crippen LogP contribution >= 0.6 is 12.2 Å². The van der Waals surface area contributed by atoms with Gasteiger partial charge >= 0.3 is 0 Å². The fourth-order valence-corrected chi connectivity index (χ4v) is 3.07. The lowest BCUT2D eigenvalue weighted by Gasteiger charge is -2.16. The molecule has 6 heteroatoms. The van der Waals surface area contributed by atoms with Crippen LogP contribution in [-0.4, -0.2) is 24.7 Å². The van der Waals surface area contributed by atoms with Gasteiger partial charge in [-0.15, -0.1) is 0 Å². The number of methoxy groups -OCH3 is 1. The van der Waals surface area contributed by atoms with Crippen molar-refractivity contribution in [2.75, 3.05) is 18.6 Å². The number of anilines is 1. The van der Waals surface area contributed by atoms with Gasteiger partial charge in [-0.3, -0.25) is 9.69 Å². The number of hydrogen-bond acceptors (Lipinski definition) is 4. The van der Waals surface area contributed by atoms with Crippen molar-refractivity contribution in [1.29, 1.82) is 0 Å². The maximum Gasteiger partial charge on any atom is 0.281 e. The van der Waals surface area contributed by atoms with Crippen molar-refractivity contribution >= 4 is 35.0 Å². The molecule has 0 aromatic heterocycles. The van der Waals surface area contributed by atoms with Gasteiger partial charge in [0.2, 0.25) is 0 Å². The highest BCUT2D eigenvalue weighted by Gasteiger charge is 2.32. The number of hydrogen-bond donors (Lipinski definition) is 1. The molecular weight excluding hydrogens is 348 g/mol. The van der Waals surface area contributed by atoms with Crippen LogP contribution < -0.4 is 19.7 Å². The molecule has 5 nitrogen and oxygen atoms in total. The summed E-state index contributed by atoms with van der Waals surface area (Å²) >= 11 is 5.36. The average molecular weight is 368 g/mol. The quantitative estimate of drug-likeness (QED) is 0.645. The molecule has 0 unspecified atom stereocenters. The second-order valence-corrected chi connectivity index (χ2v) is 6.15. The Hall–Kier alpha value is -2.86. The molecule has 1 N–H and O–H groups in total. The second-order valence-electron chi connectivity index (χ2n) is 5.76. The maximum atomic E-state index is 12.8. The summed E-state index contributed by atoms with van der Waals surface area (Å²) in [6, 6.07) is 13.2. The Balaban J connectivity index is 1.92. The number of rotatable bonds is 5. The van der Waals surface area contributed by atoms with Gasteiger partial charge in [-0.1, -0.05) is 24.3 Å².